The predicted octanol–water partition coefficient (Wildman–Crippen LogP) is 2.65. The number of nitrogens with zero attached hydrogens (tertiary/aromatic N) is 2. The third-order valence-corrected chi connectivity index (χ3v) is 3.84. The van der Waals surface area contributed by atoms with Crippen molar-refractivity contribution in [2.45, 2.75) is 25.2 Å². The Morgan fingerprint density at radius 3 is 2.65 bits per heavy atom. The molecule has 0 amide bonds. The second-order valence-corrected chi connectivity index (χ2v) is 5.10. The van der Waals surface area contributed by atoms with Gasteiger partial charge in [-0.05, 0) is 75.1 Å². The Bertz CT molecular complexity index is 465. The average molecular weight is 298 g/mol. The molecule has 0 radical (unpaired) electrons. The maximum Gasteiger partial charge on any atom is 0.123 e. The smallest absolute Gasteiger partial charge is 0.123 e. The van der Waals surface area contributed by atoms with Crippen molar-refractivity contribution >= 4 is 12.4 Å². The zero-order valence-corrected chi connectivity index (χ0v) is 12.3. The number of hydrogen-bond donors (Lipinski definition) is 1. The summed E-state index contributed by atoms with van der Waals surface area (Å²) in [5.41, 5.74) is 7.00. The van der Waals surface area contributed by atoms with Gasteiger partial charge in [0.15, 0.2) is 0 Å². The molecule has 0 bridgehead atoms. The van der Waals surface area contributed by atoms with Crippen LogP contribution in [0.3, 0.4) is 0 Å². The quantitative estimate of drug-likeness (QED) is 0.929. The zero-order chi connectivity index (χ0) is 13.7. The fourth-order valence-electron chi connectivity index (χ4n) is 2.76. The van der Waals surface area contributed by atoms with E-state index in [9.17, 15) is 4.39 Å². The van der Waals surface area contributed by atoms with Crippen LogP contribution in [-0.2, 0) is 0 Å². The van der Waals surface area contributed by atoms with E-state index in [-0.39, 0.29) is 18.2 Å². The van der Waals surface area contributed by atoms with Crippen molar-refractivity contribution in [3.8, 4) is 6.07 Å². The minimum absolute atomic E-state index is 0. The van der Waals surface area contributed by atoms with Gasteiger partial charge in [0.1, 0.15) is 5.82 Å². The molecule has 1 aliphatic rings. The van der Waals surface area contributed by atoms with E-state index in [4.69, 9.17) is 11.0 Å². The molecule has 3 nitrogen and oxygen atoms in total. The fraction of sp³-hybridized carbons (Fsp3) is 0.533. The summed E-state index contributed by atoms with van der Waals surface area (Å²) < 4.78 is 13.3. The molecule has 1 aromatic carbocycles. The minimum atomic E-state index is -0.250. The SMILES string of the molecule is Cl.N#Cc1ccc(F)cc1C1CCN(CCCN)CC1. The molecule has 20 heavy (non-hydrogen) atoms. The van der Waals surface area contributed by atoms with E-state index in [1.807, 2.05) is 0 Å². The van der Waals surface area contributed by atoms with E-state index >= 15 is 0 Å². The Kier molecular flexibility index (Phi) is 6.94. The number of halogens is 2. The summed E-state index contributed by atoms with van der Waals surface area (Å²) in [6, 6.07) is 6.64. The van der Waals surface area contributed by atoms with Crippen LogP contribution in [0.15, 0.2) is 18.2 Å². The first-order valence-corrected chi connectivity index (χ1v) is 6.86. The number of benzene rings is 1. The Balaban J connectivity index is 0.00000200. The molecule has 110 valence electrons. The molecule has 2 rings (SSSR count). The summed E-state index contributed by atoms with van der Waals surface area (Å²) >= 11 is 0. The molecule has 1 aliphatic heterocycles. The predicted molar refractivity (Wildman–Crippen MR) is 80.4 cm³/mol. The first-order valence-electron chi connectivity index (χ1n) is 6.86. The van der Waals surface area contributed by atoms with E-state index in [0.29, 0.717) is 11.5 Å². The highest BCUT2D eigenvalue weighted by atomic mass is 35.5. The lowest BCUT2D eigenvalue weighted by atomic mass is 9.86. The van der Waals surface area contributed by atoms with Gasteiger partial charge in [0.2, 0.25) is 0 Å². The number of piperidine rings is 1. The number of likely N-dealkylation sites (tertiary alicyclic amines) is 1. The maximum atomic E-state index is 13.3. The molecule has 1 aromatic rings. The van der Waals surface area contributed by atoms with Gasteiger partial charge in [-0.3, -0.25) is 0 Å². The van der Waals surface area contributed by atoms with E-state index in [1.54, 1.807) is 6.07 Å². The number of nitriles is 1. The van der Waals surface area contributed by atoms with Crippen LogP contribution < -0.4 is 5.73 Å². The molecule has 1 saturated heterocycles. The van der Waals surface area contributed by atoms with Gasteiger partial charge in [0.25, 0.3) is 0 Å². The standard InChI is InChI=1S/C15H20FN3.ClH/c16-14-3-2-13(11-18)15(10-14)12-4-8-19(9-5-12)7-1-6-17;/h2-3,10,12H,1,4-9,17H2;1H. The van der Waals surface area contributed by atoms with Gasteiger partial charge in [0.05, 0.1) is 11.6 Å². The van der Waals surface area contributed by atoms with Crippen molar-refractivity contribution in [1.82, 2.24) is 4.90 Å². The largest absolute Gasteiger partial charge is 0.330 e. The fourth-order valence-corrected chi connectivity index (χ4v) is 2.76. The van der Waals surface area contributed by atoms with Crippen molar-refractivity contribution in [2.75, 3.05) is 26.2 Å². The summed E-state index contributed by atoms with van der Waals surface area (Å²) in [7, 11) is 0. The van der Waals surface area contributed by atoms with Gasteiger partial charge in [-0.2, -0.15) is 5.26 Å². The molecule has 1 heterocycles. The Morgan fingerprint density at radius 2 is 2.05 bits per heavy atom. The van der Waals surface area contributed by atoms with Gasteiger partial charge >= 0.3 is 0 Å². The molecule has 0 aliphatic carbocycles. The van der Waals surface area contributed by atoms with Gasteiger partial charge in [-0.15, -0.1) is 12.4 Å². The first-order chi connectivity index (χ1) is 9.24. The normalized spacial score (nSPS) is 16.4. The summed E-state index contributed by atoms with van der Waals surface area (Å²) in [5.74, 6) is 0.0547. The molecular formula is C15H21ClFN3. The molecular weight excluding hydrogens is 277 g/mol. The summed E-state index contributed by atoms with van der Waals surface area (Å²) in [6.07, 6.45) is 3.00. The second kappa shape index (κ2) is 8.21. The van der Waals surface area contributed by atoms with Crippen LogP contribution in [0.4, 0.5) is 4.39 Å². The van der Waals surface area contributed by atoms with Crippen LogP contribution in [0.5, 0.6) is 0 Å². The van der Waals surface area contributed by atoms with Gasteiger partial charge in [-0.25, -0.2) is 4.39 Å². The first kappa shape index (κ1) is 16.9. The summed E-state index contributed by atoms with van der Waals surface area (Å²) in [5, 5.41) is 9.11. The number of nitrogens with two attached hydrogens (primary N) is 1. The van der Waals surface area contributed by atoms with Crippen LogP contribution >= 0.6 is 12.4 Å². The lowest BCUT2D eigenvalue weighted by molar-refractivity contribution is 0.211. The Morgan fingerprint density at radius 1 is 1.35 bits per heavy atom. The van der Waals surface area contributed by atoms with Gasteiger partial charge in [0, 0.05) is 0 Å². The van der Waals surface area contributed by atoms with E-state index in [0.717, 1.165) is 51.0 Å². The molecule has 0 unspecified atom stereocenters. The lowest BCUT2D eigenvalue weighted by Gasteiger charge is -2.32. The zero-order valence-electron chi connectivity index (χ0n) is 11.5. The van der Waals surface area contributed by atoms with Crippen molar-refractivity contribution in [1.29, 1.82) is 5.26 Å². The maximum absolute atomic E-state index is 13.3. The number of rotatable bonds is 4. The summed E-state index contributed by atoms with van der Waals surface area (Å²) in [6.45, 7) is 3.78. The van der Waals surface area contributed by atoms with Crippen molar-refractivity contribution < 1.29 is 4.39 Å². The van der Waals surface area contributed by atoms with Gasteiger partial charge in [-0.1, -0.05) is 0 Å². The van der Waals surface area contributed by atoms with Crippen molar-refractivity contribution in [3.63, 3.8) is 0 Å². The molecule has 2 N–H and O–H groups in total. The molecule has 1 fully saturated rings. The Labute approximate surface area is 126 Å². The highest BCUT2D eigenvalue weighted by Gasteiger charge is 2.22. The highest BCUT2D eigenvalue weighted by molar-refractivity contribution is 5.85. The van der Waals surface area contributed by atoms with E-state index in [1.165, 1.54) is 12.1 Å². The molecule has 0 spiro atoms. The van der Waals surface area contributed by atoms with Crippen LogP contribution in [0.1, 0.15) is 36.3 Å². The third kappa shape index (κ3) is 4.17. The van der Waals surface area contributed by atoms with Crippen molar-refractivity contribution in [2.24, 2.45) is 5.73 Å². The van der Waals surface area contributed by atoms with Crippen LogP contribution in [0, 0.1) is 17.1 Å². The van der Waals surface area contributed by atoms with Crippen LogP contribution in [0.25, 0.3) is 0 Å². The average Bonchev–Trinajstić information content (AvgIpc) is 2.45. The molecule has 0 atom stereocenters. The summed E-state index contributed by atoms with van der Waals surface area (Å²) in [4.78, 5) is 2.40. The van der Waals surface area contributed by atoms with Crippen LogP contribution in [-0.4, -0.2) is 31.1 Å². The molecule has 0 saturated carbocycles. The van der Waals surface area contributed by atoms with Crippen molar-refractivity contribution in [3.05, 3.63) is 35.1 Å². The molecule has 5 heteroatoms. The van der Waals surface area contributed by atoms with Crippen LogP contribution in [0.2, 0.25) is 0 Å². The Hall–Kier alpha value is -1.15. The highest BCUT2D eigenvalue weighted by Crippen LogP contribution is 2.30. The van der Waals surface area contributed by atoms with E-state index in [2.05, 4.69) is 11.0 Å². The third-order valence-electron chi connectivity index (χ3n) is 3.84. The van der Waals surface area contributed by atoms with Gasteiger partial charge < -0.3 is 10.6 Å². The number of hydrogen-bond acceptors (Lipinski definition) is 3. The molecule has 0 aromatic heterocycles. The topological polar surface area (TPSA) is 53.0 Å². The minimum Gasteiger partial charge on any atom is -0.330 e. The monoisotopic (exact) mass is 297 g/mol. The lowest BCUT2D eigenvalue weighted by Crippen LogP contribution is -2.34. The second-order valence-electron chi connectivity index (χ2n) is 5.10. The van der Waals surface area contributed by atoms with E-state index < -0.39 is 0 Å².